The summed E-state index contributed by atoms with van der Waals surface area (Å²) in [5.41, 5.74) is 7.30. The van der Waals surface area contributed by atoms with E-state index in [1.807, 2.05) is 6.07 Å². The van der Waals surface area contributed by atoms with Crippen LogP contribution in [-0.2, 0) is 6.54 Å². The van der Waals surface area contributed by atoms with Crippen molar-refractivity contribution in [3.63, 3.8) is 0 Å². The Morgan fingerprint density at radius 2 is 1.91 bits per heavy atom. The zero-order chi connectivity index (χ0) is 24.6. The molecule has 1 aromatic carbocycles. The number of fused-ring (bicyclic) bond motifs is 1. The van der Waals surface area contributed by atoms with Crippen LogP contribution < -0.4 is 24.6 Å². The predicted molar refractivity (Wildman–Crippen MR) is 132 cm³/mol. The van der Waals surface area contributed by atoms with Crippen LogP contribution in [0.3, 0.4) is 0 Å². The Kier molecular flexibility index (Phi) is 8.39. The van der Waals surface area contributed by atoms with Crippen molar-refractivity contribution in [3.05, 3.63) is 35.9 Å². The van der Waals surface area contributed by atoms with Gasteiger partial charge in [0.2, 0.25) is 5.88 Å². The van der Waals surface area contributed by atoms with Gasteiger partial charge in [0.1, 0.15) is 11.5 Å². The molecular formula is C26H36N5O4+. The van der Waals surface area contributed by atoms with Gasteiger partial charge in [-0.3, -0.25) is 10.5 Å². The minimum absolute atomic E-state index is 0.0306. The first kappa shape index (κ1) is 24.8. The Morgan fingerprint density at radius 1 is 1.11 bits per heavy atom. The molecule has 0 saturated heterocycles. The number of carbonyl (C=O) groups is 1. The lowest BCUT2D eigenvalue weighted by atomic mass is 9.90. The number of ether oxygens (including phenoxy) is 3. The number of hydrogen-bond acceptors (Lipinski definition) is 7. The fourth-order valence-electron chi connectivity index (χ4n) is 4.38. The average molecular weight is 483 g/mol. The third kappa shape index (κ3) is 6.41. The van der Waals surface area contributed by atoms with Gasteiger partial charge in [-0.15, -0.1) is 4.68 Å². The Bertz CT molecular complexity index is 1140. The zero-order valence-corrected chi connectivity index (χ0v) is 20.7. The Hall–Kier alpha value is -3.36. The number of ketones is 1. The van der Waals surface area contributed by atoms with Crippen LogP contribution in [0.1, 0.15) is 68.6 Å². The lowest BCUT2D eigenvalue weighted by Gasteiger charge is -2.22. The summed E-state index contributed by atoms with van der Waals surface area (Å²) >= 11 is 0. The molecule has 2 heterocycles. The maximum absolute atomic E-state index is 13.2. The Labute approximate surface area is 206 Å². The molecule has 1 fully saturated rings. The molecule has 0 spiro atoms. The number of Topliss-reactive ketones (excluding diaryl/α,β-unsaturated/α-hetero) is 1. The van der Waals surface area contributed by atoms with E-state index in [0.29, 0.717) is 47.7 Å². The fourth-order valence-corrected chi connectivity index (χ4v) is 4.38. The summed E-state index contributed by atoms with van der Waals surface area (Å²) in [7, 11) is 1.58. The highest BCUT2D eigenvalue weighted by atomic mass is 16.5. The number of benzene rings is 1. The van der Waals surface area contributed by atoms with Crippen molar-refractivity contribution in [1.82, 2.24) is 14.7 Å². The Morgan fingerprint density at radius 3 is 2.69 bits per heavy atom. The van der Waals surface area contributed by atoms with Crippen molar-refractivity contribution in [2.75, 3.05) is 26.1 Å². The topological polar surface area (TPSA) is 105 Å². The SMILES string of the molecule is CCCCCOc1ccc2n[n+](CC(=O)c3cc(OC)cc(OCC4CCCCC4)c3)c(N)n2n1. The van der Waals surface area contributed by atoms with E-state index in [0.717, 1.165) is 19.3 Å². The molecule has 0 radical (unpaired) electrons. The van der Waals surface area contributed by atoms with Gasteiger partial charge in [0.25, 0.3) is 5.65 Å². The van der Waals surface area contributed by atoms with Crippen molar-refractivity contribution < 1.29 is 23.7 Å². The molecule has 0 aliphatic heterocycles. The fraction of sp³-hybridized carbons (Fsp3) is 0.538. The molecule has 1 aliphatic rings. The summed E-state index contributed by atoms with van der Waals surface area (Å²) in [6, 6.07) is 8.83. The molecule has 2 aromatic heterocycles. The summed E-state index contributed by atoms with van der Waals surface area (Å²) in [5.74, 6) is 2.36. The van der Waals surface area contributed by atoms with Crippen molar-refractivity contribution in [2.45, 2.75) is 64.8 Å². The second kappa shape index (κ2) is 11.9. The van der Waals surface area contributed by atoms with E-state index in [9.17, 15) is 4.79 Å². The standard InChI is InChI=1S/C26H35N5O4/c1-3-4-8-13-34-25-12-11-24-28-30(26(27)31(24)29-25)17-23(32)20-14-21(33-2)16-22(15-20)35-18-19-9-6-5-7-10-19/h11-12,14-16,19,27H,3-10,13,17-18H2,1-2H3/p+1. The van der Waals surface area contributed by atoms with Crippen LogP contribution in [-0.4, -0.2) is 40.8 Å². The number of nitrogen functional groups attached to an aromatic ring is 1. The van der Waals surface area contributed by atoms with E-state index in [-0.39, 0.29) is 18.3 Å². The van der Waals surface area contributed by atoms with Gasteiger partial charge in [-0.1, -0.05) is 53.7 Å². The monoisotopic (exact) mass is 482 g/mol. The van der Waals surface area contributed by atoms with Gasteiger partial charge in [-0.05, 0) is 37.3 Å². The van der Waals surface area contributed by atoms with E-state index in [1.54, 1.807) is 31.4 Å². The number of nitrogens with zero attached hydrogens (tertiary/aromatic N) is 4. The zero-order valence-electron chi connectivity index (χ0n) is 20.7. The number of hydrogen-bond donors (Lipinski definition) is 1. The van der Waals surface area contributed by atoms with Crippen LogP contribution in [0.5, 0.6) is 17.4 Å². The predicted octanol–water partition coefficient (Wildman–Crippen LogP) is 4.02. The number of nitrogens with two attached hydrogens (primary N) is 1. The van der Waals surface area contributed by atoms with Gasteiger partial charge in [0.15, 0.2) is 12.3 Å². The first-order chi connectivity index (χ1) is 17.1. The molecule has 0 unspecified atom stereocenters. The first-order valence-electron chi connectivity index (χ1n) is 12.6. The highest BCUT2D eigenvalue weighted by Crippen LogP contribution is 2.27. The molecule has 2 N–H and O–H groups in total. The summed E-state index contributed by atoms with van der Waals surface area (Å²) in [5, 5.41) is 8.86. The number of anilines is 1. The van der Waals surface area contributed by atoms with Crippen molar-refractivity contribution in [1.29, 1.82) is 0 Å². The maximum atomic E-state index is 13.2. The highest BCUT2D eigenvalue weighted by molar-refractivity contribution is 5.96. The van der Waals surface area contributed by atoms with E-state index in [4.69, 9.17) is 19.9 Å². The van der Waals surface area contributed by atoms with E-state index < -0.39 is 0 Å². The van der Waals surface area contributed by atoms with Crippen molar-refractivity contribution in [3.8, 4) is 17.4 Å². The summed E-state index contributed by atoms with van der Waals surface area (Å²) < 4.78 is 20.1. The second-order valence-corrected chi connectivity index (χ2v) is 9.15. The van der Waals surface area contributed by atoms with Crippen LogP contribution in [0.25, 0.3) is 5.65 Å². The highest BCUT2D eigenvalue weighted by Gasteiger charge is 2.22. The van der Waals surface area contributed by atoms with Crippen molar-refractivity contribution in [2.24, 2.45) is 5.92 Å². The van der Waals surface area contributed by atoms with E-state index in [2.05, 4.69) is 17.1 Å². The summed E-state index contributed by atoms with van der Waals surface area (Å²) in [6.07, 6.45) is 9.41. The minimum Gasteiger partial charge on any atom is -0.497 e. The average Bonchev–Trinajstić information content (AvgIpc) is 3.20. The molecule has 0 atom stereocenters. The molecule has 1 saturated carbocycles. The van der Waals surface area contributed by atoms with E-state index in [1.165, 1.54) is 41.3 Å². The quantitative estimate of drug-likeness (QED) is 0.236. The molecule has 3 aromatic rings. The van der Waals surface area contributed by atoms with Gasteiger partial charge in [0, 0.05) is 23.8 Å². The largest absolute Gasteiger partial charge is 0.497 e. The number of methoxy groups -OCH3 is 1. The Balaban J connectivity index is 1.46. The molecule has 35 heavy (non-hydrogen) atoms. The summed E-state index contributed by atoms with van der Waals surface area (Å²) in [4.78, 5) is 13.2. The van der Waals surface area contributed by atoms with Crippen LogP contribution in [0.15, 0.2) is 30.3 Å². The molecule has 0 amide bonds. The van der Waals surface area contributed by atoms with Crippen LogP contribution in [0.4, 0.5) is 5.95 Å². The van der Waals surface area contributed by atoms with E-state index >= 15 is 0 Å². The molecule has 188 valence electrons. The van der Waals surface area contributed by atoms with Crippen LogP contribution >= 0.6 is 0 Å². The van der Waals surface area contributed by atoms with Gasteiger partial charge in [0.05, 0.1) is 20.3 Å². The number of aromatic nitrogens is 4. The van der Waals surface area contributed by atoms with Gasteiger partial charge < -0.3 is 14.2 Å². The van der Waals surface area contributed by atoms with Crippen LogP contribution in [0.2, 0.25) is 0 Å². The van der Waals surface area contributed by atoms with Crippen LogP contribution in [0, 0.1) is 5.92 Å². The molecule has 9 heteroatoms. The number of unbranched alkanes of at least 4 members (excludes halogenated alkanes) is 2. The van der Waals surface area contributed by atoms with Gasteiger partial charge in [-0.25, -0.2) is 0 Å². The summed E-state index contributed by atoms with van der Waals surface area (Å²) in [6.45, 7) is 3.37. The third-order valence-corrected chi connectivity index (χ3v) is 6.43. The molecule has 9 nitrogen and oxygen atoms in total. The maximum Gasteiger partial charge on any atom is 0.401 e. The first-order valence-corrected chi connectivity index (χ1v) is 12.6. The molecule has 1 aliphatic carbocycles. The molecule has 4 rings (SSSR count). The lowest BCUT2D eigenvalue weighted by Crippen LogP contribution is -2.42. The van der Waals surface area contributed by atoms with Gasteiger partial charge >= 0.3 is 5.95 Å². The number of rotatable bonds is 12. The number of carbonyl (C=O) groups excluding carboxylic acids is 1. The normalized spacial score (nSPS) is 14.2. The lowest BCUT2D eigenvalue weighted by molar-refractivity contribution is -0.723. The minimum atomic E-state index is -0.150. The second-order valence-electron chi connectivity index (χ2n) is 9.15. The van der Waals surface area contributed by atoms with Crippen molar-refractivity contribution >= 4 is 17.4 Å². The molecule has 0 bridgehead atoms. The van der Waals surface area contributed by atoms with Gasteiger partial charge in [-0.2, -0.15) is 0 Å². The third-order valence-electron chi connectivity index (χ3n) is 6.43. The smallest absolute Gasteiger partial charge is 0.401 e. The molecular weight excluding hydrogens is 446 g/mol.